The number of aromatic nitrogens is 1. The van der Waals surface area contributed by atoms with Crippen LogP contribution in [0.5, 0.6) is 0 Å². The van der Waals surface area contributed by atoms with Gasteiger partial charge in [-0.2, -0.15) is 0 Å². The molecule has 4 heteroatoms. The Morgan fingerprint density at radius 1 is 1.44 bits per heavy atom. The van der Waals surface area contributed by atoms with Gasteiger partial charge in [0.1, 0.15) is 5.69 Å². The SMILES string of the molecule is CNCCCNC(=O)c1cccn1C(C)C. The van der Waals surface area contributed by atoms with Crippen LogP contribution in [0, 0.1) is 0 Å². The monoisotopic (exact) mass is 223 g/mol. The van der Waals surface area contributed by atoms with Crippen molar-refractivity contribution in [1.29, 1.82) is 0 Å². The van der Waals surface area contributed by atoms with Crippen LogP contribution in [-0.2, 0) is 0 Å². The van der Waals surface area contributed by atoms with Gasteiger partial charge in [0, 0.05) is 18.8 Å². The van der Waals surface area contributed by atoms with Gasteiger partial charge >= 0.3 is 0 Å². The zero-order valence-electron chi connectivity index (χ0n) is 10.3. The second-order valence-electron chi connectivity index (χ2n) is 4.11. The van der Waals surface area contributed by atoms with Gasteiger partial charge in [0.05, 0.1) is 0 Å². The summed E-state index contributed by atoms with van der Waals surface area (Å²) in [5.41, 5.74) is 0.736. The summed E-state index contributed by atoms with van der Waals surface area (Å²) in [6.45, 7) is 5.77. The molecule has 4 nitrogen and oxygen atoms in total. The van der Waals surface area contributed by atoms with E-state index in [-0.39, 0.29) is 5.91 Å². The number of amides is 1. The van der Waals surface area contributed by atoms with Crippen LogP contribution in [0.15, 0.2) is 18.3 Å². The first-order valence-corrected chi connectivity index (χ1v) is 5.76. The van der Waals surface area contributed by atoms with Gasteiger partial charge in [-0.05, 0) is 46.0 Å². The molecule has 90 valence electrons. The van der Waals surface area contributed by atoms with E-state index < -0.39 is 0 Å². The van der Waals surface area contributed by atoms with E-state index in [2.05, 4.69) is 24.5 Å². The lowest BCUT2D eigenvalue weighted by Crippen LogP contribution is -2.28. The predicted molar refractivity (Wildman–Crippen MR) is 65.7 cm³/mol. The van der Waals surface area contributed by atoms with Crippen molar-refractivity contribution in [1.82, 2.24) is 15.2 Å². The van der Waals surface area contributed by atoms with Crippen molar-refractivity contribution in [3.63, 3.8) is 0 Å². The molecule has 1 aromatic heterocycles. The van der Waals surface area contributed by atoms with Gasteiger partial charge in [-0.3, -0.25) is 4.79 Å². The molecule has 0 saturated carbocycles. The lowest BCUT2D eigenvalue weighted by molar-refractivity contribution is 0.0942. The largest absolute Gasteiger partial charge is 0.351 e. The zero-order chi connectivity index (χ0) is 12.0. The Balaban J connectivity index is 2.49. The maximum atomic E-state index is 11.8. The van der Waals surface area contributed by atoms with Gasteiger partial charge in [0.15, 0.2) is 0 Å². The van der Waals surface area contributed by atoms with E-state index in [4.69, 9.17) is 0 Å². The van der Waals surface area contributed by atoms with E-state index in [1.165, 1.54) is 0 Å². The first-order valence-electron chi connectivity index (χ1n) is 5.76. The van der Waals surface area contributed by atoms with Gasteiger partial charge in [0.2, 0.25) is 0 Å². The van der Waals surface area contributed by atoms with E-state index in [9.17, 15) is 4.79 Å². The Kier molecular flexibility index (Phi) is 5.05. The third-order valence-corrected chi connectivity index (χ3v) is 2.46. The highest BCUT2D eigenvalue weighted by Crippen LogP contribution is 2.10. The summed E-state index contributed by atoms with van der Waals surface area (Å²) >= 11 is 0. The van der Waals surface area contributed by atoms with E-state index in [0.717, 1.165) is 18.7 Å². The molecule has 16 heavy (non-hydrogen) atoms. The van der Waals surface area contributed by atoms with Crippen molar-refractivity contribution in [3.05, 3.63) is 24.0 Å². The fraction of sp³-hybridized carbons (Fsp3) is 0.583. The maximum absolute atomic E-state index is 11.8. The molecule has 0 spiro atoms. The van der Waals surface area contributed by atoms with Crippen LogP contribution in [0.2, 0.25) is 0 Å². The molecule has 0 fully saturated rings. The highest BCUT2D eigenvalue weighted by molar-refractivity contribution is 5.92. The lowest BCUT2D eigenvalue weighted by atomic mass is 10.3. The smallest absolute Gasteiger partial charge is 0.267 e. The molecule has 0 unspecified atom stereocenters. The van der Waals surface area contributed by atoms with Gasteiger partial charge < -0.3 is 15.2 Å². The molecule has 1 amide bonds. The van der Waals surface area contributed by atoms with E-state index >= 15 is 0 Å². The van der Waals surface area contributed by atoms with Crippen LogP contribution < -0.4 is 10.6 Å². The normalized spacial score (nSPS) is 10.8. The molecule has 0 aromatic carbocycles. The summed E-state index contributed by atoms with van der Waals surface area (Å²) in [4.78, 5) is 11.8. The Labute approximate surface area is 97.0 Å². The van der Waals surface area contributed by atoms with Gasteiger partial charge in [-0.15, -0.1) is 0 Å². The Morgan fingerprint density at radius 2 is 2.19 bits per heavy atom. The first kappa shape index (κ1) is 12.8. The second-order valence-corrected chi connectivity index (χ2v) is 4.11. The van der Waals surface area contributed by atoms with E-state index in [0.29, 0.717) is 12.6 Å². The minimum absolute atomic E-state index is 0.00908. The second kappa shape index (κ2) is 6.33. The third kappa shape index (κ3) is 3.38. The van der Waals surface area contributed by atoms with Crippen molar-refractivity contribution >= 4 is 5.91 Å². The predicted octanol–water partition coefficient (Wildman–Crippen LogP) is 1.41. The average molecular weight is 223 g/mol. The number of hydrogen-bond donors (Lipinski definition) is 2. The average Bonchev–Trinajstić information content (AvgIpc) is 2.73. The topological polar surface area (TPSA) is 46.1 Å². The summed E-state index contributed by atoms with van der Waals surface area (Å²) in [5.74, 6) is 0.00908. The van der Waals surface area contributed by atoms with Crippen molar-refractivity contribution in [2.24, 2.45) is 0 Å². The van der Waals surface area contributed by atoms with Crippen LogP contribution in [0.25, 0.3) is 0 Å². The van der Waals surface area contributed by atoms with Crippen molar-refractivity contribution in [2.45, 2.75) is 26.3 Å². The highest BCUT2D eigenvalue weighted by Gasteiger charge is 2.11. The molecule has 2 N–H and O–H groups in total. The van der Waals surface area contributed by atoms with E-state index in [1.54, 1.807) is 0 Å². The molecule has 1 heterocycles. The molecule has 0 aliphatic rings. The molecular weight excluding hydrogens is 202 g/mol. The van der Waals surface area contributed by atoms with Crippen LogP contribution >= 0.6 is 0 Å². The number of nitrogens with zero attached hydrogens (tertiary/aromatic N) is 1. The summed E-state index contributed by atoms with van der Waals surface area (Å²) < 4.78 is 1.98. The summed E-state index contributed by atoms with van der Waals surface area (Å²) in [6.07, 6.45) is 2.89. The quantitative estimate of drug-likeness (QED) is 0.716. The van der Waals surface area contributed by atoms with Crippen LogP contribution in [0.4, 0.5) is 0 Å². The standard InChI is InChI=1S/C12H21N3O/c1-10(2)15-9-4-6-11(15)12(16)14-8-5-7-13-3/h4,6,9-10,13H,5,7-8H2,1-3H3,(H,14,16). The number of hydrogen-bond acceptors (Lipinski definition) is 2. The summed E-state index contributed by atoms with van der Waals surface area (Å²) in [6, 6.07) is 4.07. The van der Waals surface area contributed by atoms with Gasteiger partial charge in [-0.25, -0.2) is 0 Å². The first-order chi connectivity index (χ1) is 7.66. The molecule has 0 saturated heterocycles. The lowest BCUT2D eigenvalue weighted by Gasteiger charge is -2.12. The summed E-state index contributed by atoms with van der Waals surface area (Å²) in [7, 11) is 1.91. The molecule has 0 aliphatic carbocycles. The molecule has 0 aliphatic heterocycles. The van der Waals surface area contributed by atoms with E-state index in [1.807, 2.05) is 29.9 Å². The van der Waals surface area contributed by atoms with Crippen molar-refractivity contribution in [2.75, 3.05) is 20.1 Å². The molecule has 1 aromatic rings. The molecule has 0 atom stereocenters. The zero-order valence-corrected chi connectivity index (χ0v) is 10.3. The maximum Gasteiger partial charge on any atom is 0.267 e. The molecule has 0 bridgehead atoms. The Hall–Kier alpha value is -1.29. The highest BCUT2D eigenvalue weighted by atomic mass is 16.1. The van der Waals surface area contributed by atoms with Crippen molar-refractivity contribution < 1.29 is 4.79 Å². The Morgan fingerprint density at radius 3 is 2.81 bits per heavy atom. The molecular formula is C12H21N3O. The third-order valence-electron chi connectivity index (χ3n) is 2.46. The van der Waals surface area contributed by atoms with Gasteiger partial charge in [-0.1, -0.05) is 0 Å². The van der Waals surface area contributed by atoms with Crippen LogP contribution in [0.1, 0.15) is 36.8 Å². The fourth-order valence-corrected chi connectivity index (χ4v) is 1.59. The molecule has 1 rings (SSSR count). The minimum Gasteiger partial charge on any atom is -0.351 e. The van der Waals surface area contributed by atoms with Crippen LogP contribution in [-0.4, -0.2) is 30.6 Å². The minimum atomic E-state index is 0.00908. The van der Waals surface area contributed by atoms with Crippen LogP contribution in [0.3, 0.4) is 0 Å². The summed E-state index contributed by atoms with van der Waals surface area (Å²) in [5, 5.41) is 5.96. The van der Waals surface area contributed by atoms with Gasteiger partial charge in [0.25, 0.3) is 5.91 Å². The fourth-order valence-electron chi connectivity index (χ4n) is 1.59. The Bertz CT molecular complexity index is 331. The number of carbonyl (C=O) groups excluding carboxylic acids is 1. The molecule has 0 radical (unpaired) electrons. The number of rotatable bonds is 6. The number of nitrogens with one attached hydrogen (secondary N) is 2. The van der Waals surface area contributed by atoms with Crippen molar-refractivity contribution in [3.8, 4) is 0 Å². The number of carbonyl (C=O) groups is 1.